The zero-order chi connectivity index (χ0) is 16.3. The van der Waals surface area contributed by atoms with Crippen molar-refractivity contribution in [3.8, 4) is 0 Å². The second-order valence-electron chi connectivity index (χ2n) is 5.02. The molecule has 0 aliphatic heterocycles. The fourth-order valence-corrected chi connectivity index (χ4v) is 1.45. The molecule has 1 aromatic rings. The van der Waals surface area contributed by atoms with Gasteiger partial charge in [0.05, 0.1) is 5.56 Å². The maximum Gasteiger partial charge on any atom is 0.451 e. The first-order valence-electron chi connectivity index (χ1n) is 5.95. The first-order valence-corrected chi connectivity index (χ1v) is 5.95. The van der Waals surface area contributed by atoms with Crippen molar-refractivity contribution in [2.45, 2.75) is 38.4 Å². The molecule has 0 aliphatic carbocycles. The number of rotatable bonds is 5. The number of aliphatic carboxylic acids is 1. The lowest BCUT2D eigenvalue weighted by atomic mass is 9.98. The van der Waals surface area contributed by atoms with Crippen molar-refractivity contribution in [2.24, 2.45) is 0 Å². The van der Waals surface area contributed by atoms with Gasteiger partial charge in [-0.25, -0.2) is 9.97 Å². The number of alkyl halides is 3. The summed E-state index contributed by atoms with van der Waals surface area (Å²) in [5.41, 5.74) is -0.954. The van der Waals surface area contributed by atoms with E-state index in [9.17, 15) is 22.8 Å². The summed E-state index contributed by atoms with van der Waals surface area (Å²) in [6.07, 6.45) is -3.08. The van der Waals surface area contributed by atoms with Gasteiger partial charge in [-0.15, -0.1) is 0 Å². The number of hydrogen-bond donors (Lipinski definition) is 2. The number of halogens is 3. The Balaban J connectivity index is 2.73. The number of carbonyl (C=O) groups is 2. The molecule has 0 aliphatic rings. The van der Waals surface area contributed by atoms with E-state index in [0.29, 0.717) is 0 Å². The summed E-state index contributed by atoms with van der Waals surface area (Å²) < 4.78 is 36.9. The monoisotopic (exact) mass is 305 g/mol. The largest absolute Gasteiger partial charge is 0.481 e. The van der Waals surface area contributed by atoms with E-state index in [1.807, 2.05) is 0 Å². The van der Waals surface area contributed by atoms with E-state index in [-0.39, 0.29) is 18.4 Å². The van der Waals surface area contributed by atoms with Gasteiger partial charge in [-0.3, -0.25) is 9.59 Å². The van der Waals surface area contributed by atoms with E-state index in [0.717, 1.165) is 12.4 Å². The minimum absolute atomic E-state index is 0.133. The highest BCUT2D eigenvalue weighted by Gasteiger charge is 2.34. The van der Waals surface area contributed by atoms with Gasteiger partial charge in [0.15, 0.2) is 0 Å². The maximum absolute atomic E-state index is 12.3. The van der Waals surface area contributed by atoms with Crippen molar-refractivity contribution in [3.63, 3.8) is 0 Å². The van der Waals surface area contributed by atoms with Crippen LogP contribution in [0.1, 0.15) is 42.9 Å². The molecule has 6 nitrogen and oxygen atoms in total. The molecule has 0 aromatic carbocycles. The average Bonchev–Trinajstić information content (AvgIpc) is 2.35. The molecule has 1 aromatic heterocycles. The lowest BCUT2D eigenvalue weighted by molar-refractivity contribution is -0.145. The Morgan fingerprint density at radius 3 is 2.19 bits per heavy atom. The third kappa shape index (κ3) is 5.36. The van der Waals surface area contributed by atoms with Gasteiger partial charge in [-0.2, -0.15) is 13.2 Å². The quantitative estimate of drug-likeness (QED) is 0.866. The van der Waals surface area contributed by atoms with Gasteiger partial charge in [0.2, 0.25) is 5.82 Å². The van der Waals surface area contributed by atoms with Gasteiger partial charge < -0.3 is 10.4 Å². The molecule has 1 amide bonds. The first-order chi connectivity index (χ1) is 9.51. The maximum atomic E-state index is 12.3. The Bertz CT molecular complexity index is 527. The molecule has 0 radical (unpaired) electrons. The standard InChI is InChI=1S/C12H14F3N3O3/c1-11(2,4-3-8(19)20)18-9(21)7-5-16-10(17-6-7)12(13,14)15/h5-6H,3-4H2,1-2H3,(H,18,21)(H,19,20). The van der Waals surface area contributed by atoms with Gasteiger partial charge in [0, 0.05) is 24.4 Å². The molecule has 0 spiro atoms. The number of nitrogens with zero attached hydrogens (tertiary/aromatic N) is 2. The van der Waals surface area contributed by atoms with Crippen LogP contribution in [0.4, 0.5) is 13.2 Å². The fourth-order valence-electron chi connectivity index (χ4n) is 1.45. The highest BCUT2D eigenvalue weighted by Crippen LogP contribution is 2.25. The first kappa shape index (κ1) is 16.9. The number of aromatic nitrogens is 2. The molecule has 116 valence electrons. The van der Waals surface area contributed by atoms with E-state index in [2.05, 4.69) is 15.3 Å². The van der Waals surface area contributed by atoms with E-state index >= 15 is 0 Å². The van der Waals surface area contributed by atoms with Crippen molar-refractivity contribution in [1.82, 2.24) is 15.3 Å². The fraction of sp³-hybridized carbons (Fsp3) is 0.500. The molecular formula is C12H14F3N3O3. The molecule has 0 saturated heterocycles. The molecule has 21 heavy (non-hydrogen) atoms. The second kappa shape index (κ2) is 6.06. The van der Waals surface area contributed by atoms with Crippen molar-refractivity contribution in [3.05, 3.63) is 23.8 Å². The van der Waals surface area contributed by atoms with Crippen LogP contribution in [-0.4, -0.2) is 32.5 Å². The number of carbonyl (C=O) groups excluding carboxylic acids is 1. The summed E-state index contributed by atoms with van der Waals surface area (Å²) in [5.74, 6) is -3.00. The van der Waals surface area contributed by atoms with Crippen molar-refractivity contribution >= 4 is 11.9 Å². The van der Waals surface area contributed by atoms with E-state index in [1.54, 1.807) is 13.8 Å². The summed E-state index contributed by atoms with van der Waals surface area (Å²) in [4.78, 5) is 28.5. The highest BCUT2D eigenvalue weighted by atomic mass is 19.4. The van der Waals surface area contributed by atoms with Gasteiger partial charge in [-0.1, -0.05) is 0 Å². The molecular weight excluding hydrogens is 291 g/mol. The molecule has 1 rings (SSSR count). The summed E-state index contributed by atoms with van der Waals surface area (Å²) in [5, 5.41) is 11.1. The third-order valence-electron chi connectivity index (χ3n) is 2.58. The lowest BCUT2D eigenvalue weighted by Crippen LogP contribution is -2.43. The number of nitrogens with one attached hydrogen (secondary N) is 1. The number of carboxylic acids is 1. The van der Waals surface area contributed by atoms with Crippen LogP contribution in [-0.2, 0) is 11.0 Å². The van der Waals surface area contributed by atoms with Crippen LogP contribution < -0.4 is 5.32 Å². The topological polar surface area (TPSA) is 92.2 Å². The normalized spacial score (nSPS) is 12.0. The van der Waals surface area contributed by atoms with Gasteiger partial charge in [-0.05, 0) is 20.3 Å². The van der Waals surface area contributed by atoms with Crippen LogP contribution in [0.3, 0.4) is 0 Å². The zero-order valence-corrected chi connectivity index (χ0v) is 11.4. The van der Waals surface area contributed by atoms with E-state index < -0.39 is 29.4 Å². The Labute approximate surface area is 118 Å². The Morgan fingerprint density at radius 2 is 1.76 bits per heavy atom. The lowest BCUT2D eigenvalue weighted by Gasteiger charge is -2.25. The summed E-state index contributed by atoms with van der Waals surface area (Å²) in [7, 11) is 0. The van der Waals surface area contributed by atoms with Crippen molar-refractivity contribution in [1.29, 1.82) is 0 Å². The second-order valence-corrected chi connectivity index (χ2v) is 5.02. The third-order valence-corrected chi connectivity index (χ3v) is 2.58. The summed E-state index contributed by atoms with van der Waals surface area (Å²) in [6.45, 7) is 3.22. The molecule has 0 bridgehead atoms. The molecule has 2 N–H and O–H groups in total. The van der Waals surface area contributed by atoms with Crippen molar-refractivity contribution in [2.75, 3.05) is 0 Å². The van der Waals surface area contributed by atoms with Gasteiger partial charge in [0.25, 0.3) is 5.91 Å². The summed E-state index contributed by atoms with van der Waals surface area (Å²) >= 11 is 0. The average molecular weight is 305 g/mol. The Hall–Kier alpha value is -2.19. The van der Waals surface area contributed by atoms with E-state index in [4.69, 9.17) is 5.11 Å². The minimum Gasteiger partial charge on any atom is -0.481 e. The molecule has 0 unspecified atom stereocenters. The smallest absolute Gasteiger partial charge is 0.451 e. The van der Waals surface area contributed by atoms with Crippen LogP contribution in [0.2, 0.25) is 0 Å². The van der Waals surface area contributed by atoms with Crippen molar-refractivity contribution < 1.29 is 27.9 Å². The Morgan fingerprint density at radius 1 is 1.24 bits per heavy atom. The van der Waals surface area contributed by atoms with Crippen LogP contribution >= 0.6 is 0 Å². The number of carboxylic acid groups (broad SMARTS) is 1. The molecule has 9 heteroatoms. The van der Waals surface area contributed by atoms with Crippen LogP contribution in [0, 0.1) is 0 Å². The predicted octanol–water partition coefficient (Wildman–Crippen LogP) is 1.87. The zero-order valence-electron chi connectivity index (χ0n) is 11.4. The van der Waals surface area contributed by atoms with Crippen LogP contribution in [0.25, 0.3) is 0 Å². The van der Waals surface area contributed by atoms with E-state index in [1.165, 1.54) is 0 Å². The minimum atomic E-state index is -4.67. The van der Waals surface area contributed by atoms with Crippen LogP contribution in [0.15, 0.2) is 12.4 Å². The number of amides is 1. The molecule has 0 saturated carbocycles. The molecule has 0 atom stereocenters. The summed E-state index contributed by atoms with van der Waals surface area (Å²) in [6, 6.07) is 0. The van der Waals surface area contributed by atoms with Crippen LogP contribution in [0.5, 0.6) is 0 Å². The molecule has 1 heterocycles. The predicted molar refractivity (Wildman–Crippen MR) is 65.4 cm³/mol. The SMILES string of the molecule is CC(C)(CCC(=O)O)NC(=O)c1cnc(C(F)(F)F)nc1. The van der Waals surface area contributed by atoms with Gasteiger partial charge in [0.1, 0.15) is 0 Å². The van der Waals surface area contributed by atoms with Gasteiger partial charge >= 0.3 is 12.1 Å². The number of hydrogen-bond acceptors (Lipinski definition) is 4. The Kier molecular flexibility index (Phi) is 4.87. The molecule has 0 fully saturated rings. The highest BCUT2D eigenvalue weighted by molar-refractivity contribution is 5.94.